The molecular weight excluding hydrogens is 318 g/mol. The van der Waals surface area contributed by atoms with Gasteiger partial charge >= 0.3 is 5.97 Å². The van der Waals surface area contributed by atoms with Crippen molar-refractivity contribution in [3.63, 3.8) is 0 Å². The van der Waals surface area contributed by atoms with Gasteiger partial charge in [-0.1, -0.05) is 18.2 Å². The van der Waals surface area contributed by atoms with Crippen molar-refractivity contribution in [2.75, 3.05) is 26.3 Å². The molecule has 5 nitrogen and oxygen atoms in total. The number of nitrogens with zero attached hydrogens (tertiary/aromatic N) is 1. The lowest BCUT2D eigenvalue weighted by Crippen LogP contribution is -2.49. The minimum Gasteiger partial charge on any atom is -0.478 e. The van der Waals surface area contributed by atoms with Gasteiger partial charge in [0.1, 0.15) is 0 Å². The molecule has 3 rings (SSSR count). The SMILES string of the molecule is C[C@@]1(C(=O)N2CCC(Cc3ccccc3C(=O)O)CC2)CCCOC1. The van der Waals surface area contributed by atoms with E-state index < -0.39 is 5.97 Å². The first-order valence-corrected chi connectivity index (χ1v) is 9.18. The van der Waals surface area contributed by atoms with Gasteiger partial charge in [-0.25, -0.2) is 4.79 Å². The average Bonchev–Trinajstić information content (AvgIpc) is 2.63. The Balaban J connectivity index is 1.57. The zero-order chi connectivity index (χ0) is 17.9. The molecule has 1 amide bonds. The van der Waals surface area contributed by atoms with Gasteiger partial charge in [0.2, 0.25) is 5.91 Å². The maximum Gasteiger partial charge on any atom is 0.335 e. The molecule has 136 valence electrons. The number of piperidine rings is 1. The highest BCUT2D eigenvalue weighted by Gasteiger charge is 2.39. The van der Waals surface area contributed by atoms with Crippen LogP contribution >= 0.6 is 0 Å². The zero-order valence-corrected chi connectivity index (χ0v) is 14.9. The molecule has 1 aromatic rings. The number of carboxylic acid groups (broad SMARTS) is 1. The van der Waals surface area contributed by atoms with Crippen molar-refractivity contribution in [3.8, 4) is 0 Å². The molecule has 5 heteroatoms. The number of aromatic carboxylic acids is 1. The summed E-state index contributed by atoms with van der Waals surface area (Å²) in [5, 5.41) is 9.32. The molecule has 0 aliphatic carbocycles. The lowest BCUT2D eigenvalue weighted by molar-refractivity contribution is -0.150. The van der Waals surface area contributed by atoms with E-state index in [1.807, 2.05) is 24.0 Å². The summed E-state index contributed by atoms with van der Waals surface area (Å²) in [6.45, 7) is 4.82. The summed E-state index contributed by atoms with van der Waals surface area (Å²) in [5.74, 6) is -0.218. The van der Waals surface area contributed by atoms with E-state index in [2.05, 4.69) is 0 Å². The van der Waals surface area contributed by atoms with E-state index in [1.165, 1.54) is 0 Å². The molecule has 0 radical (unpaired) electrons. The molecule has 1 atom stereocenters. The molecular formula is C20H27NO4. The zero-order valence-electron chi connectivity index (χ0n) is 14.9. The van der Waals surface area contributed by atoms with E-state index >= 15 is 0 Å². The van der Waals surface area contributed by atoms with Crippen LogP contribution < -0.4 is 0 Å². The van der Waals surface area contributed by atoms with Gasteiger partial charge in [-0.2, -0.15) is 0 Å². The molecule has 2 saturated heterocycles. The standard InChI is InChI=1S/C20H27NO4/c1-20(9-4-12-25-14-20)19(24)21-10-7-15(8-11-21)13-16-5-2-3-6-17(16)18(22)23/h2-3,5-6,15H,4,7-14H2,1H3,(H,22,23)/t20-/m1/s1. The van der Waals surface area contributed by atoms with E-state index in [0.717, 1.165) is 57.4 Å². The van der Waals surface area contributed by atoms with E-state index in [1.54, 1.807) is 12.1 Å². The molecule has 2 heterocycles. The van der Waals surface area contributed by atoms with Crippen LogP contribution in [-0.4, -0.2) is 48.2 Å². The molecule has 1 aromatic carbocycles. The van der Waals surface area contributed by atoms with Crippen molar-refractivity contribution in [3.05, 3.63) is 35.4 Å². The average molecular weight is 345 g/mol. The Morgan fingerprint density at radius 3 is 2.64 bits per heavy atom. The van der Waals surface area contributed by atoms with E-state index in [0.29, 0.717) is 18.1 Å². The van der Waals surface area contributed by atoms with Gasteiger partial charge in [-0.05, 0) is 56.6 Å². The van der Waals surface area contributed by atoms with Gasteiger partial charge in [0.05, 0.1) is 17.6 Å². The minimum atomic E-state index is -0.867. The van der Waals surface area contributed by atoms with E-state index in [9.17, 15) is 14.7 Å². The first kappa shape index (κ1) is 17.9. The summed E-state index contributed by atoms with van der Waals surface area (Å²) in [4.78, 5) is 26.2. The fourth-order valence-electron chi connectivity index (χ4n) is 4.04. The van der Waals surface area contributed by atoms with Crippen molar-refractivity contribution in [2.24, 2.45) is 11.3 Å². The van der Waals surface area contributed by atoms with Crippen molar-refractivity contribution in [1.29, 1.82) is 0 Å². The van der Waals surface area contributed by atoms with Crippen molar-refractivity contribution < 1.29 is 19.4 Å². The third-order valence-corrected chi connectivity index (χ3v) is 5.61. The summed E-state index contributed by atoms with van der Waals surface area (Å²) in [6, 6.07) is 7.23. The normalized spacial score (nSPS) is 24.9. The van der Waals surface area contributed by atoms with E-state index in [4.69, 9.17) is 4.74 Å². The second kappa shape index (κ2) is 7.56. The lowest BCUT2D eigenvalue weighted by Gasteiger charge is -2.40. The molecule has 2 aliphatic rings. The first-order chi connectivity index (χ1) is 12.0. The quantitative estimate of drug-likeness (QED) is 0.911. The molecule has 25 heavy (non-hydrogen) atoms. The molecule has 1 N–H and O–H groups in total. The van der Waals surface area contributed by atoms with Gasteiger partial charge in [0, 0.05) is 19.7 Å². The number of likely N-dealkylation sites (tertiary alicyclic amines) is 1. The molecule has 2 fully saturated rings. The fraction of sp³-hybridized carbons (Fsp3) is 0.600. The Kier molecular flexibility index (Phi) is 5.42. The number of amides is 1. The summed E-state index contributed by atoms with van der Waals surface area (Å²) in [6.07, 6.45) is 4.47. The smallest absolute Gasteiger partial charge is 0.335 e. The molecule has 2 aliphatic heterocycles. The third-order valence-electron chi connectivity index (χ3n) is 5.61. The number of rotatable bonds is 4. The summed E-state index contributed by atoms with van der Waals surface area (Å²) < 4.78 is 5.53. The number of carboxylic acids is 1. The monoisotopic (exact) mass is 345 g/mol. The molecule has 0 unspecified atom stereocenters. The molecule has 0 spiro atoms. The van der Waals surface area contributed by atoms with Crippen LogP contribution in [0.2, 0.25) is 0 Å². The molecule has 0 aromatic heterocycles. The van der Waals surface area contributed by atoms with Gasteiger partial charge < -0.3 is 14.7 Å². The summed E-state index contributed by atoms with van der Waals surface area (Å²) in [5.41, 5.74) is 0.918. The first-order valence-electron chi connectivity index (χ1n) is 9.18. The van der Waals surface area contributed by atoms with Crippen LogP contribution in [0.4, 0.5) is 0 Å². The number of hydrogen-bond donors (Lipinski definition) is 1. The third kappa shape index (κ3) is 4.03. The van der Waals surface area contributed by atoms with Crippen molar-refractivity contribution in [1.82, 2.24) is 4.90 Å². The second-order valence-corrected chi connectivity index (χ2v) is 7.62. The maximum atomic E-state index is 12.9. The number of carbonyl (C=O) groups is 2. The minimum absolute atomic E-state index is 0.219. The number of carbonyl (C=O) groups excluding carboxylic acids is 1. The Hall–Kier alpha value is -1.88. The van der Waals surface area contributed by atoms with Crippen molar-refractivity contribution >= 4 is 11.9 Å². The second-order valence-electron chi connectivity index (χ2n) is 7.62. The van der Waals surface area contributed by atoms with Crippen LogP contribution in [0.3, 0.4) is 0 Å². The van der Waals surface area contributed by atoms with Crippen molar-refractivity contribution in [2.45, 2.75) is 39.0 Å². The highest BCUT2D eigenvalue weighted by Crippen LogP contribution is 2.32. The van der Waals surface area contributed by atoms with Gasteiger partial charge in [-0.3, -0.25) is 4.79 Å². The number of benzene rings is 1. The van der Waals surface area contributed by atoms with Crippen LogP contribution in [0.25, 0.3) is 0 Å². The van der Waals surface area contributed by atoms with Gasteiger partial charge in [-0.15, -0.1) is 0 Å². The molecule has 0 bridgehead atoms. The summed E-state index contributed by atoms with van der Waals surface area (Å²) >= 11 is 0. The maximum absolute atomic E-state index is 12.9. The van der Waals surface area contributed by atoms with Crippen LogP contribution in [-0.2, 0) is 16.0 Å². The lowest BCUT2D eigenvalue weighted by atomic mass is 9.82. The van der Waals surface area contributed by atoms with Crippen LogP contribution in [0.5, 0.6) is 0 Å². The Labute approximate surface area is 149 Å². The summed E-state index contributed by atoms with van der Waals surface area (Å²) in [7, 11) is 0. The Morgan fingerprint density at radius 1 is 1.28 bits per heavy atom. The highest BCUT2D eigenvalue weighted by atomic mass is 16.5. The van der Waals surface area contributed by atoms with Gasteiger partial charge in [0.25, 0.3) is 0 Å². The Morgan fingerprint density at radius 2 is 2.00 bits per heavy atom. The molecule has 0 saturated carbocycles. The van der Waals surface area contributed by atoms with Crippen LogP contribution in [0.1, 0.15) is 48.5 Å². The largest absolute Gasteiger partial charge is 0.478 e. The Bertz CT molecular complexity index is 628. The fourth-order valence-corrected chi connectivity index (χ4v) is 4.04. The van der Waals surface area contributed by atoms with Crippen LogP contribution in [0, 0.1) is 11.3 Å². The van der Waals surface area contributed by atoms with Gasteiger partial charge in [0.15, 0.2) is 0 Å². The number of ether oxygens (including phenoxy) is 1. The predicted octanol–water partition coefficient (Wildman–Crippen LogP) is 2.98. The van der Waals surface area contributed by atoms with Crippen LogP contribution in [0.15, 0.2) is 24.3 Å². The highest BCUT2D eigenvalue weighted by molar-refractivity contribution is 5.89. The van der Waals surface area contributed by atoms with E-state index in [-0.39, 0.29) is 11.3 Å². The topological polar surface area (TPSA) is 66.8 Å². The number of hydrogen-bond acceptors (Lipinski definition) is 3. The predicted molar refractivity (Wildman–Crippen MR) is 94.6 cm³/mol.